The number of fused-ring (bicyclic) bond motifs is 3. The monoisotopic (exact) mass is 735 g/mol. The lowest BCUT2D eigenvalue weighted by atomic mass is 9.72. The van der Waals surface area contributed by atoms with Gasteiger partial charge in [0.05, 0.1) is 48.5 Å². The number of ether oxygens (including phenoxy) is 3. The molecule has 1 saturated heterocycles. The third-order valence-corrected chi connectivity index (χ3v) is 11.4. The van der Waals surface area contributed by atoms with Gasteiger partial charge in [0.2, 0.25) is 11.7 Å². The van der Waals surface area contributed by atoms with Gasteiger partial charge in [0, 0.05) is 53.9 Å². The Morgan fingerprint density at radius 3 is 2.38 bits per heavy atom. The number of aromatic hydroxyl groups is 2. The summed E-state index contributed by atoms with van der Waals surface area (Å²) < 4.78 is 17.3. The second-order valence-corrected chi connectivity index (χ2v) is 14.9. The molecule has 7 N–H and O–H groups in total. The minimum Gasteiger partial charge on any atom is -0.507 e. The summed E-state index contributed by atoms with van der Waals surface area (Å²) in [6.07, 6.45) is -5.99. The van der Waals surface area contributed by atoms with E-state index in [4.69, 9.17) is 19.3 Å². The number of carboxylic acid groups (broad SMARTS) is 1. The Balaban J connectivity index is 1.44. The van der Waals surface area contributed by atoms with Crippen LogP contribution in [0.2, 0.25) is 0 Å². The second-order valence-electron chi connectivity index (χ2n) is 12.2. The van der Waals surface area contributed by atoms with Crippen LogP contribution in [0.25, 0.3) is 0 Å². The first-order valence-electron chi connectivity index (χ1n) is 15.7. The molecule has 3 aliphatic rings. The molecule has 1 amide bonds. The van der Waals surface area contributed by atoms with E-state index >= 15 is 0 Å². The maximum Gasteiger partial charge on any atom is 0.304 e. The number of phenolic OH excluding ortho intramolecular Hbond substituents is 2. The molecule has 2 aromatic carbocycles. The van der Waals surface area contributed by atoms with Crippen molar-refractivity contribution in [3.05, 3.63) is 51.6 Å². The van der Waals surface area contributed by atoms with Gasteiger partial charge in [-0.2, -0.15) is 0 Å². The number of aliphatic hydroxyl groups excluding tert-OH is 2. The van der Waals surface area contributed by atoms with Gasteiger partial charge in [0.15, 0.2) is 17.9 Å². The molecular weight excluding hydrogens is 698 g/mol. The molecule has 6 atom stereocenters. The molecule has 2 aliphatic carbocycles. The van der Waals surface area contributed by atoms with Crippen molar-refractivity contribution in [1.29, 1.82) is 0 Å². The van der Waals surface area contributed by atoms with Crippen LogP contribution in [-0.2, 0) is 30.3 Å². The number of methoxy groups -OCH3 is 1. The summed E-state index contributed by atoms with van der Waals surface area (Å²) >= 11 is 0. The third kappa shape index (κ3) is 7.21. The molecule has 2 unspecified atom stereocenters. The predicted octanol–water partition coefficient (Wildman–Crippen LogP) is 1.40. The molecule has 50 heavy (non-hydrogen) atoms. The van der Waals surface area contributed by atoms with Crippen LogP contribution in [0.15, 0.2) is 18.2 Å². The number of ketones is 3. The molecule has 270 valence electrons. The van der Waals surface area contributed by atoms with Gasteiger partial charge in [0.25, 0.3) is 0 Å². The highest BCUT2D eigenvalue weighted by Gasteiger charge is 2.50. The molecule has 0 bridgehead atoms. The SMILES string of the molecule is COc1cccc2c1C(=O)c1c(O)c3c(c(O)c1C2=O)CC(O)(C(=O)CO)CC3O[C@H]1C[C@H](NC(=O)CCSSCCC(=O)O)[C@@H](O)[C@H](C)O1. The summed E-state index contributed by atoms with van der Waals surface area (Å²) in [4.78, 5) is 63.7. The van der Waals surface area contributed by atoms with Gasteiger partial charge < -0.3 is 50.2 Å². The average Bonchev–Trinajstić information content (AvgIpc) is 3.07. The maximum atomic E-state index is 13.8. The summed E-state index contributed by atoms with van der Waals surface area (Å²) in [6.45, 7) is 0.456. The fraction of sp³-hybridized carbons (Fsp3) is 0.485. The summed E-state index contributed by atoms with van der Waals surface area (Å²) in [5.74, 6) is -4.62. The van der Waals surface area contributed by atoms with E-state index in [1.165, 1.54) is 53.8 Å². The number of rotatable bonds is 13. The number of carbonyl (C=O) groups excluding carboxylic acids is 4. The first-order valence-corrected chi connectivity index (χ1v) is 18.2. The quantitative estimate of drug-likeness (QED) is 0.0745. The van der Waals surface area contributed by atoms with Crippen molar-refractivity contribution in [2.45, 2.75) is 75.3 Å². The molecule has 15 nitrogen and oxygen atoms in total. The van der Waals surface area contributed by atoms with E-state index in [-0.39, 0.29) is 47.3 Å². The van der Waals surface area contributed by atoms with E-state index in [1.807, 2.05) is 0 Å². The third-order valence-electron chi connectivity index (χ3n) is 9.00. The molecular formula is C33H37NO14S2. The normalized spacial score (nSPS) is 25.7. The Labute approximate surface area is 293 Å². The van der Waals surface area contributed by atoms with E-state index in [2.05, 4.69) is 5.32 Å². The first kappa shape index (κ1) is 37.5. The lowest BCUT2D eigenvalue weighted by molar-refractivity contribution is -0.249. The largest absolute Gasteiger partial charge is 0.507 e. The summed E-state index contributed by atoms with van der Waals surface area (Å²) in [7, 11) is 3.96. The Hall–Kier alpha value is -3.71. The molecule has 1 fully saturated rings. The summed E-state index contributed by atoms with van der Waals surface area (Å²) in [5, 5.41) is 66.6. The van der Waals surface area contributed by atoms with Gasteiger partial charge in [-0.1, -0.05) is 33.7 Å². The van der Waals surface area contributed by atoms with Gasteiger partial charge in [-0.05, 0) is 13.0 Å². The molecule has 5 rings (SSSR count). The van der Waals surface area contributed by atoms with Crippen LogP contribution < -0.4 is 10.1 Å². The Bertz CT molecular complexity index is 1720. The standard InChI is InChI=1S/C33H37NO14S2/c1-14-28(40)17(34-21(37)6-8-49-50-9-7-22(38)39)10-23(47-14)48-19-12-33(45,20(36)13-35)11-16-25(19)32(44)27-26(30(16)42)29(41)15-4-3-5-18(46-2)24(15)31(27)43/h3-5,14,17,19,23,28,35,40,42,44-45H,6-13H2,1-2H3,(H,34,37)(H,38,39)/t14-,17-,19?,23-,28-,33?/m0/s1. The molecule has 0 aromatic heterocycles. The zero-order valence-electron chi connectivity index (χ0n) is 27.0. The van der Waals surface area contributed by atoms with Crippen LogP contribution in [0.3, 0.4) is 0 Å². The minimum absolute atomic E-state index is 0.00849. The Morgan fingerprint density at radius 2 is 1.72 bits per heavy atom. The number of nitrogens with one attached hydrogen (secondary N) is 1. The number of benzene rings is 2. The smallest absolute Gasteiger partial charge is 0.304 e. The number of carboxylic acids is 1. The van der Waals surface area contributed by atoms with Gasteiger partial charge >= 0.3 is 5.97 Å². The molecule has 0 spiro atoms. The average molecular weight is 736 g/mol. The van der Waals surface area contributed by atoms with Crippen LogP contribution >= 0.6 is 21.6 Å². The topological polar surface area (TPSA) is 246 Å². The Kier molecular flexibility index (Phi) is 11.5. The van der Waals surface area contributed by atoms with Crippen molar-refractivity contribution in [3.63, 3.8) is 0 Å². The molecule has 1 heterocycles. The number of hydrogen-bond donors (Lipinski definition) is 7. The van der Waals surface area contributed by atoms with Crippen molar-refractivity contribution in [3.8, 4) is 17.2 Å². The van der Waals surface area contributed by atoms with Crippen LogP contribution in [0, 0.1) is 0 Å². The zero-order chi connectivity index (χ0) is 36.5. The summed E-state index contributed by atoms with van der Waals surface area (Å²) in [6, 6.07) is 3.42. The number of amides is 1. The van der Waals surface area contributed by atoms with E-state index in [9.17, 15) is 49.5 Å². The Morgan fingerprint density at radius 1 is 1.04 bits per heavy atom. The van der Waals surface area contributed by atoms with E-state index in [1.54, 1.807) is 0 Å². The number of aliphatic hydroxyl groups is 3. The highest BCUT2D eigenvalue weighted by Crippen LogP contribution is 2.52. The first-order chi connectivity index (χ1) is 23.7. The van der Waals surface area contributed by atoms with Crippen LogP contribution in [0.1, 0.15) is 81.7 Å². The van der Waals surface area contributed by atoms with Crippen molar-refractivity contribution in [1.82, 2.24) is 5.32 Å². The van der Waals surface area contributed by atoms with E-state index < -0.39 is 108 Å². The van der Waals surface area contributed by atoms with Gasteiger partial charge in [0.1, 0.15) is 35.6 Å². The number of carbonyl (C=O) groups is 5. The number of hydrogen-bond acceptors (Lipinski definition) is 15. The van der Waals surface area contributed by atoms with Crippen LogP contribution in [0.4, 0.5) is 0 Å². The molecule has 17 heteroatoms. The van der Waals surface area contributed by atoms with Gasteiger partial charge in [-0.3, -0.25) is 24.0 Å². The number of phenols is 2. The maximum absolute atomic E-state index is 13.8. The lowest BCUT2D eigenvalue weighted by Crippen LogP contribution is -2.56. The predicted molar refractivity (Wildman–Crippen MR) is 177 cm³/mol. The summed E-state index contributed by atoms with van der Waals surface area (Å²) in [5.41, 5.74) is -4.03. The number of Topliss-reactive ketones (excluding diaryl/α,β-unsaturated/α-hetero) is 1. The van der Waals surface area contributed by atoms with Gasteiger partial charge in [-0.15, -0.1) is 0 Å². The molecule has 0 radical (unpaired) electrons. The molecule has 1 aliphatic heterocycles. The van der Waals surface area contributed by atoms with Crippen molar-refractivity contribution in [2.75, 3.05) is 25.2 Å². The van der Waals surface area contributed by atoms with E-state index in [0.717, 1.165) is 0 Å². The van der Waals surface area contributed by atoms with Crippen LogP contribution in [0.5, 0.6) is 17.2 Å². The fourth-order valence-electron chi connectivity index (χ4n) is 6.52. The molecule has 2 aromatic rings. The van der Waals surface area contributed by atoms with Gasteiger partial charge in [-0.25, -0.2) is 0 Å². The lowest BCUT2D eigenvalue weighted by Gasteiger charge is -2.43. The zero-order valence-corrected chi connectivity index (χ0v) is 28.7. The van der Waals surface area contributed by atoms with Crippen molar-refractivity contribution in [2.24, 2.45) is 0 Å². The van der Waals surface area contributed by atoms with E-state index in [0.29, 0.717) is 11.5 Å². The molecule has 0 saturated carbocycles. The number of aliphatic carboxylic acids is 1. The highest BCUT2D eigenvalue weighted by atomic mass is 33.1. The highest BCUT2D eigenvalue weighted by molar-refractivity contribution is 8.76. The minimum atomic E-state index is -2.33. The fourth-order valence-corrected chi connectivity index (χ4v) is 8.49. The van der Waals surface area contributed by atoms with Crippen molar-refractivity contribution >= 4 is 50.8 Å². The second kappa shape index (κ2) is 15.3. The van der Waals surface area contributed by atoms with Crippen molar-refractivity contribution < 1.29 is 68.8 Å². The van der Waals surface area contributed by atoms with Crippen LogP contribution in [-0.4, -0.2) is 115 Å².